The van der Waals surface area contributed by atoms with E-state index < -0.39 is 0 Å². The molecule has 1 aliphatic rings. The van der Waals surface area contributed by atoms with Gasteiger partial charge < -0.3 is 5.32 Å². The van der Waals surface area contributed by atoms with E-state index in [2.05, 4.69) is 5.32 Å². The molecule has 1 aromatic rings. The molecule has 1 nitrogen and oxygen atoms in total. The van der Waals surface area contributed by atoms with Gasteiger partial charge in [-0.1, -0.05) is 18.0 Å². The van der Waals surface area contributed by atoms with Gasteiger partial charge in [-0.15, -0.1) is 0 Å². The second kappa shape index (κ2) is 5.15. The van der Waals surface area contributed by atoms with E-state index in [9.17, 15) is 4.39 Å². The number of hydrogen-bond donors (Lipinski definition) is 1. The lowest BCUT2D eigenvalue weighted by Crippen LogP contribution is -2.21. The topological polar surface area (TPSA) is 12.0 Å². The van der Waals surface area contributed by atoms with Crippen LogP contribution < -0.4 is 5.32 Å². The first-order valence-corrected chi connectivity index (χ1v) is 6.19. The highest BCUT2D eigenvalue weighted by atomic mass is 35.5. The minimum atomic E-state index is -0.186. The highest BCUT2D eigenvalue weighted by Crippen LogP contribution is 2.41. The lowest BCUT2D eigenvalue weighted by molar-refractivity contribution is 0.461. The maximum atomic E-state index is 13.2. The van der Waals surface area contributed by atoms with Gasteiger partial charge in [0.05, 0.1) is 0 Å². The van der Waals surface area contributed by atoms with Gasteiger partial charge in [0.15, 0.2) is 0 Å². The summed E-state index contributed by atoms with van der Waals surface area (Å²) in [6, 6.07) is 4.69. The van der Waals surface area contributed by atoms with Crippen molar-refractivity contribution < 1.29 is 4.39 Å². The van der Waals surface area contributed by atoms with Crippen molar-refractivity contribution in [3.05, 3.63) is 34.6 Å². The first kappa shape index (κ1) is 11.9. The third-order valence-corrected chi connectivity index (χ3v) is 3.83. The monoisotopic (exact) mass is 241 g/mol. The van der Waals surface area contributed by atoms with E-state index in [4.69, 9.17) is 11.6 Å². The molecule has 2 atom stereocenters. The molecule has 1 N–H and O–H groups in total. The van der Waals surface area contributed by atoms with Gasteiger partial charge in [0.25, 0.3) is 0 Å². The minimum Gasteiger partial charge on any atom is -0.319 e. The summed E-state index contributed by atoms with van der Waals surface area (Å²) in [7, 11) is 1.96. The van der Waals surface area contributed by atoms with Crippen LogP contribution in [0.1, 0.15) is 30.7 Å². The summed E-state index contributed by atoms with van der Waals surface area (Å²) < 4.78 is 13.2. The molecular weight excluding hydrogens is 225 g/mol. The molecule has 0 spiro atoms. The smallest absolute Gasteiger partial charge is 0.123 e. The van der Waals surface area contributed by atoms with Gasteiger partial charge in [0, 0.05) is 5.02 Å². The Hall–Kier alpha value is -0.600. The standard InChI is InChI=1S/C13H17ClFN/c1-16-8-9-3-2-4-11(9)12-7-10(15)5-6-13(12)14/h5-7,9,11,16H,2-4,8H2,1H3. The molecule has 0 heterocycles. The van der Waals surface area contributed by atoms with Crippen LogP contribution in [-0.4, -0.2) is 13.6 Å². The van der Waals surface area contributed by atoms with Gasteiger partial charge in [-0.3, -0.25) is 0 Å². The van der Waals surface area contributed by atoms with Crippen molar-refractivity contribution in [3.8, 4) is 0 Å². The normalized spacial score (nSPS) is 24.9. The van der Waals surface area contributed by atoms with E-state index in [0.717, 1.165) is 18.5 Å². The fourth-order valence-electron chi connectivity index (χ4n) is 2.75. The summed E-state index contributed by atoms with van der Waals surface area (Å²) in [5.41, 5.74) is 0.986. The Morgan fingerprint density at radius 1 is 1.44 bits per heavy atom. The SMILES string of the molecule is CNCC1CCCC1c1cc(F)ccc1Cl. The quantitative estimate of drug-likeness (QED) is 0.853. The summed E-state index contributed by atoms with van der Waals surface area (Å²) in [6.07, 6.45) is 3.54. The van der Waals surface area contributed by atoms with E-state index in [0.29, 0.717) is 16.9 Å². The number of benzene rings is 1. The van der Waals surface area contributed by atoms with Crippen molar-refractivity contribution >= 4 is 11.6 Å². The first-order chi connectivity index (χ1) is 7.72. The molecule has 1 aromatic carbocycles. The summed E-state index contributed by atoms with van der Waals surface area (Å²) >= 11 is 6.15. The van der Waals surface area contributed by atoms with Gasteiger partial charge in [0.1, 0.15) is 5.82 Å². The average Bonchev–Trinajstić information content (AvgIpc) is 2.70. The fraction of sp³-hybridized carbons (Fsp3) is 0.538. The first-order valence-electron chi connectivity index (χ1n) is 5.82. The molecule has 0 aromatic heterocycles. The number of nitrogens with one attached hydrogen (secondary N) is 1. The average molecular weight is 242 g/mol. The maximum absolute atomic E-state index is 13.2. The van der Waals surface area contributed by atoms with Crippen LogP contribution in [0.15, 0.2) is 18.2 Å². The Labute approximate surface area is 101 Å². The summed E-state index contributed by atoms with van der Waals surface area (Å²) in [5.74, 6) is 0.814. The van der Waals surface area contributed by atoms with Crippen LogP contribution in [0.5, 0.6) is 0 Å². The van der Waals surface area contributed by atoms with E-state index in [1.54, 1.807) is 12.1 Å². The third-order valence-electron chi connectivity index (χ3n) is 3.48. The molecule has 0 radical (unpaired) electrons. The zero-order valence-corrected chi connectivity index (χ0v) is 10.2. The molecule has 1 aliphatic carbocycles. The van der Waals surface area contributed by atoms with Gasteiger partial charge in [0.2, 0.25) is 0 Å². The molecule has 0 amide bonds. The van der Waals surface area contributed by atoms with Crippen LogP contribution in [0, 0.1) is 11.7 Å². The summed E-state index contributed by atoms with van der Waals surface area (Å²) in [6.45, 7) is 0.984. The Morgan fingerprint density at radius 3 is 3.00 bits per heavy atom. The number of hydrogen-bond acceptors (Lipinski definition) is 1. The third kappa shape index (κ3) is 2.38. The predicted octanol–water partition coefficient (Wildman–Crippen LogP) is 3.58. The van der Waals surface area contributed by atoms with Crippen molar-refractivity contribution in [2.45, 2.75) is 25.2 Å². The van der Waals surface area contributed by atoms with Crippen LogP contribution in [-0.2, 0) is 0 Å². The fourth-order valence-corrected chi connectivity index (χ4v) is 3.01. The zero-order valence-electron chi connectivity index (χ0n) is 9.47. The molecule has 0 saturated heterocycles. The van der Waals surface area contributed by atoms with E-state index in [-0.39, 0.29) is 5.82 Å². The predicted molar refractivity (Wildman–Crippen MR) is 65.4 cm³/mol. The Kier molecular flexibility index (Phi) is 3.82. The molecule has 1 saturated carbocycles. The van der Waals surface area contributed by atoms with Gasteiger partial charge in [-0.2, -0.15) is 0 Å². The largest absolute Gasteiger partial charge is 0.319 e. The maximum Gasteiger partial charge on any atom is 0.123 e. The van der Waals surface area contributed by atoms with Crippen molar-refractivity contribution in [1.29, 1.82) is 0 Å². The minimum absolute atomic E-state index is 0.186. The zero-order chi connectivity index (χ0) is 11.5. The summed E-state index contributed by atoms with van der Waals surface area (Å²) in [5, 5.41) is 3.91. The van der Waals surface area contributed by atoms with E-state index in [1.165, 1.54) is 18.9 Å². The van der Waals surface area contributed by atoms with Crippen molar-refractivity contribution in [2.24, 2.45) is 5.92 Å². The molecule has 88 valence electrons. The lowest BCUT2D eigenvalue weighted by atomic mass is 9.89. The Balaban J connectivity index is 2.25. The van der Waals surface area contributed by atoms with Crippen LogP contribution in [0.3, 0.4) is 0 Å². The molecule has 2 unspecified atom stereocenters. The van der Waals surface area contributed by atoms with E-state index >= 15 is 0 Å². The summed E-state index contributed by atoms with van der Waals surface area (Å²) in [4.78, 5) is 0. The Bertz CT molecular complexity index is 367. The van der Waals surface area contributed by atoms with Crippen LogP contribution >= 0.6 is 11.6 Å². The number of halogens is 2. The molecule has 3 heteroatoms. The molecule has 2 rings (SSSR count). The molecular formula is C13H17ClFN. The highest BCUT2D eigenvalue weighted by molar-refractivity contribution is 6.31. The van der Waals surface area contributed by atoms with Crippen LogP contribution in [0.25, 0.3) is 0 Å². The molecule has 16 heavy (non-hydrogen) atoms. The second-order valence-corrected chi connectivity index (χ2v) is 4.93. The molecule has 1 fully saturated rings. The van der Waals surface area contributed by atoms with Gasteiger partial charge in [-0.25, -0.2) is 4.39 Å². The van der Waals surface area contributed by atoms with Gasteiger partial charge >= 0.3 is 0 Å². The molecule has 0 bridgehead atoms. The van der Waals surface area contributed by atoms with Crippen molar-refractivity contribution in [3.63, 3.8) is 0 Å². The second-order valence-electron chi connectivity index (χ2n) is 4.52. The van der Waals surface area contributed by atoms with Crippen LogP contribution in [0.2, 0.25) is 5.02 Å². The Morgan fingerprint density at radius 2 is 2.25 bits per heavy atom. The van der Waals surface area contributed by atoms with Crippen LogP contribution in [0.4, 0.5) is 4.39 Å². The number of rotatable bonds is 3. The van der Waals surface area contributed by atoms with E-state index in [1.807, 2.05) is 7.05 Å². The highest BCUT2D eigenvalue weighted by Gasteiger charge is 2.29. The van der Waals surface area contributed by atoms with Crippen molar-refractivity contribution in [1.82, 2.24) is 5.32 Å². The van der Waals surface area contributed by atoms with Crippen molar-refractivity contribution in [2.75, 3.05) is 13.6 Å². The van der Waals surface area contributed by atoms with Gasteiger partial charge in [-0.05, 0) is 62.0 Å². The molecule has 0 aliphatic heterocycles. The lowest BCUT2D eigenvalue weighted by Gasteiger charge is -2.20.